The standard InChI is InChI=1S/C9H15N5O4.ClH/c1-11-7(10)8-12-3-14(13-8)9-6(17)5(16)4(2-15)18-9;/h3-6,9,15-17H,2H2,1H3,(H2,10,11);1H/t4-,5-,6-,9-;/m1./s1. The van der Waals surface area contributed by atoms with Gasteiger partial charge in [-0.25, -0.2) is 9.67 Å². The molecule has 0 bridgehead atoms. The molecule has 4 atom stereocenters. The molecule has 2 heterocycles. The van der Waals surface area contributed by atoms with E-state index in [1.807, 2.05) is 0 Å². The maximum Gasteiger partial charge on any atom is 0.216 e. The van der Waals surface area contributed by atoms with Gasteiger partial charge in [0.1, 0.15) is 24.6 Å². The van der Waals surface area contributed by atoms with E-state index in [0.29, 0.717) is 0 Å². The van der Waals surface area contributed by atoms with Crippen LogP contribution in [0.1, 0.15) is 12.1 Å². The fourth-order valence-corrected chi connectivity index (χ4v) is 1.71. The lowest BCUT2D eigenvalue weighted by Crippen LogP contribution is -2.33. The molecule has 9 nitrogen and oxygen atoms in total. The van der Waals surface area contributed by atoms with Gasteiger partial charge in [0.2, 0.25) is 5.82 Å². The summed E-state index contributed by atoms with van der Waals surface area (Å²) in [5, 5.41) is 32.3. The molecule has 19 heavy (non-hydrogen) atoms. The molecule has 10 heteroatoms. The van der Waals surface area contributed by atoms with Crippen molar-refractivity contribution >= 4 is 18.2 Å². The van der Waals surface area contributed by atoms with Gasteiger partial charge in [-0.3, -0.25) is 4.99 Å². The number of hydrogen-bond donors (Lipinski definition) is 4. The van der Waals surface area contributed by atoms with Gasteiger partial charge in [-0.2, -0.15) is 0 Å². The molecule has 0 aliphatic carbocycles. The largest absolute Gasteiger partial charge is 0.394 e. The van der Waals surface area contributed by atoms with E-state index in [4.69, 9.17) is 15.6 Å². The van der Waals surface area contributed by atoms with Crippen molar-refractivity contribution in [1.82, 2.24) is 14.8 Å². The predicted molar refractivity (Wildman–Crippen MR) is 66.9 cm³/mol. The van der Waals surface area contributed by atoms with E-state index in [9.17, 15) is 10.2 Å². The molecule has 0 amide bonds. The molecular formula is C9H16ClN5O4. The third-order valence-corrected chi connectivity index (χ3v) is 2.76. The molecule has 0 unspecified atom stereocenters. The van der Waals surface area contributed by atoms with Gasteiger partial charge in [0.15, 0.2) is 12.1 Å². The molecule has 0 aromatic carbocycles. The number of nitrogens with zero attached hydrogens (tertiary/aromatic N) is 4. The van der Waals surface area contributed by atoms with E-state index in [2.05, 4.69) is 15.1 Å². The van der Waals surface area contributed by atoms with Crippen LogP contribution in [0.4, 0.5) is 0 Å². The fourth-order valence-electron chi connectivity index (χ4n) is 1.71. The van der Waals surface area contributed by atoms with E-state index < -0.39 is 31.1 Å². The topological polar surface area (TPSA) is 139 Å². The van der Waals surface area contributed by atoms with Crippen LogP contribution in [0.15, 0.2) is 11.3 Å². The summed E-state index contributed by atoms with van der Waals surface area (Å²) >= 11 is 0. The van der Waals surface area contributed by atoms with E-state index >= 15 is 0 Å². The third-order valence-electron chi connectivity index (χ3n) is 2.76. The number of aliphatic hydroxyl groups excluding tert-OH is 3. The van der Waals surface area contributed by atoms with Gasteiger partial charge in [0.25, 0.3) is 0 Å². The molecule has 1 aromatic rings. The summed E-state index contributed by atoms with van der Waals surface area (Å²) in [5.74, 6) is 0.357. The van der Waals surface area contributed by atoms with Crippen LogP contribution in [0, 0.1) is 0 Å². The van der Waals surface area contributed by atoms with Crippen molar-refractivity contribution in [3.05, 3.63) is 12.2 Å². The van der Waals surface area contributed by atoms with Crippen LogP contribution < -0.4 is 5.73 Å². The Morgan fingerprint density at radius 2 is 2.21 bits per heavy atom. The van der Waals surface area contributed by atoms with Crippen molar-refractivity contribution in [3.8, 4) is 0 Å². The summed E-state index contributed by atoms with van der Waals surface area (Å²) < 4.78 is 6.51. The first-order chi connectivity index (χ1) is 8.58. The van der Waals surface area contributed by atoms with Crippen LogP contribution in [0.5, 0.6) is 0 Å². The number of ether oxygens (including phenoxy) is 1. The molecule has 5 N–H and O–H groups in total. The molecule has 1 fully saturated rings. The number of amidine groups is 1. The summed E-state index contributed by atoms with van der Waals surface area (Å²) in [5.41, 5.74) is 5.54. The normalized spacial score (nSPS) is 31.3. The van der Waals surface area contributed by atoms with Gasteiger partial charge in [-0.15, -0.1) is 17.5 Å². The van der Waals surface area contributed by atoms with Crippen LogP contribution in [0.3, 0.4) is 0 Å². The number of aliphatic hydroxyl groups is 3. The number of halogens is 1. The molecule has 1 aromatic heterocycles. The van der Waals surface area contributed by atoms with Crippen LogP contribution in [-0.2, 0) is 4.74 Å². The first-order valence-electron chi connectivity index (χ1n) is 5.34. The van der Waals surface area contributed by atoms with Crippen molar-refractivity contribution < 1.29 is 20.1 Å². The number of aliphatic imine (C=N–C) groups is 1. The Balaban J connectivity index is 0.00000180. The number of nitrogens with two attached hydrogens (primary N) is 1. The number of hydrogen-bond acceptors (Lipinski definition) is 7. The minimum absolute atomic E-state index is 0. The number of aromatic nitrogens is 3. The van der Waals surface area contributed by atoms with Gasteiger partial charge in [-0.05, 0) is 0 Å². The number of rotatable bonds is 3. The summed E-state index contributed by atoms with van der Waals surface area (Å²) in [6.07, 6.45) is -2.83. The van der Waals surface area contributed by atoms with Crippen LogP contribution in [0.25, 0.3) is 0 Å². The smallest absolute Gasteiger partial charge is 0.216 e. The monoisotopic (exact) mass is 293 g/mol. The van der Waals surface area contributed by atoms with Gasteiger partial charge in [0, 0.05) is 7.05 Å². The SMILES string of the molecule is CN=C(N)c1ncn([C@@H]2O[C@H](CO)[C@@H](O)[C@H]2O)n1.Cl. The average Bonchev–Trinajstić information content (AvgIpc) is 2.96. The summed E-state index contributed by atoms with van der Waals surface area (Å²) in [7, 11) is 1.50. The molecule has 2 rings (SSSR count). The lowest BCUT2D eigenvalue weighted by Gasteiger charge is -2.13. The summed E-state index contributed by atoms with van der Waals surface area (Å²) in [6.45, 7) is -0.394. The lowest BCUT2D eigenvalue weighted by molar-refractivity contribution is -0.0588. The zero-order chi connectivity index (χ0) is 13.3. The Morgan fingerprint density at radius 1 is 1.53 bits per heavy atom. The molecule has 108 valence electrons. The maximum atomic E-state index is 9.78. The minimum atomic E-state index is -1.20. The summed E-state index contributed by atoms with van der Waals surface area (Å²) in [4.78, 5) is 7.63. The van der Waals surface area contributed by atoms with Gasteiger partial charge >= 0.3 is 0 Å². The second-order valence-electron chi connectivity index (χ2n) is 3.89. The zero-order valence-electron chi connectivity index (χ0n) is 10.1. The van der Waals surface area contributed by atoms with Gasteiger partial charge < -0.3 is 25.8 Å². The Hall–Kier alpha value is -1.26. The quantitative estimate of drug-likeness (QED) is 0.361. The van der Waals surface area contributed by atoms with E-state index in [0.717, 1.165) is 0 Å². The Labute approximate surface area is 115 Å². The summed E-state index contributed by atoms with van der Waals surface area (Å²) in [6, 6.07) is 0. The highest BCUT2D eigenvalue weighted by Crippen LogP contribution is 2.28. The van der Waals surface area contributed by atoms with E-state index in [-0.39, 0.29) is 24.1 Å². The van der Waals surface area contributed by atoms with E-state index in [1.54, 1.807) is 0 Å². The van der Waals surface area contributed by atoms with Crippen LogP contribution >= 0.6 is 12.4 Å². The van der Waals surface area contributed by atoms with Crippen molar-refractivity contribution in [3.63, 3.8) is 0 Å². The van der Waals surface area contributed by atoms with Gasteiger partial charge in [0.05, 0.1) is 6.61 Å². The molecule has 1 aliphatic rings. The highest BCUT2D eigenvalue weighted by atomic mass is 35.5. The first-order valence-corrected chi connectivity index (χ1v) is 5.34. The highest BCUT2D eigenvalue weighted by Gasteiger charge is 2.43. The van der Waals surface area contributed by atoms with Crippen LogP contribution in [-0.4, -0.2) is 67.9 Å². The zero-order valence-corrected chi connectivity index (χ0v) is 10.9. The van der Waals surface area contributed by atoms with Crippen molar-refractivity contribution in [1.29, 1.82) is 0 Å². The second-order valence-corrected chi connectivity index (χ2v) is 3.89. The Bertz CT molecular complexity index is 454. The molecule has 0 spiro atoms. The molecule has 1 aliphatic heterocycles. The molecule has 1 saturated heterocycles. The third kappa shape index (κ3) is 2.85. The molecule has 0 saturated carbocycles. The van der Waals surface area contributed by atoms with E-state index in [1.165, 1.54) is 18.1 Å². The highest BCUT2D eigenvalue weighted by molar-refractivity contribution is 5.93. The Kier molecular flexibility index (Phi) is 5.20. The van der Waals surface area contributed by atoms with Crippen LogP contribution in [0.2, 0.25) is 0 Å². The fraction of sp³-hybridized carbons (Fsp3) is 0.667. The van der Waals surface area contributed by atoms with Crippen molar-refractivity contribution in [2.45, 2.75) is 24.5 Å². The first kappa shape index (κ1) is 15.8. The van der Waals surface area contributed by atoms with Crippen molar-refractivity contribution in [2.75, 3.05) is 13.7 Å². The second kappa shape index (κ2) is 6.26. The lowest BCUT2D eigenvalue weighted by atomic mass is 10.1. The molecule has 0 radical (unpaired) electrons. The average molecular weight is 294 g/mol. The molecular weight excluding hydrogens is 278 g/mol. The van der Waals surface area contributed by atoms with Crippen molar-refractivity contribution in [2.24, 2.45) is 10.7 Å². The van der Waals surface area contributed by atoms with Gasteiger partial charge in [-0.1, -0.05) is 0 Å². The minimum Gasteiger partial charge on any atom is -0.394 e. The Morgan fingerprint density at radius 3 is 2.74 bits per heavy atom. The maximum absolute atomic E-state index is 9.78. The predicted octanol–water partition coefficient (Wildman–Crippen LogP) is -2.35.